The molecule has 4 N–H and O–H groups in total. The van der Waals surface area contributed by atoms with Gasteiger partial charge in [-0.05, 0) is 64.2 Å². The molecule has 0 aromatic heterocycles. The smallest absolute Gasteiger partial charge is 0.472 e. The van der Waals surface area contributed by atoms with Crippen LogP contribution in [0.15, 0.2) is 24.3 Å². The van der Waals surface area contributed by atoms with Crippen LogP contribution >= 0.6 is 7.82 Å². The molecule has 5 atom stereocenters. The van der Waals surface area contributed by atoms with E-state index in [1.54, 1.807) is 0 Å². The maximum Gasteiger partial charge on any atom is 0.472 e. The first-order chi connectivity index (χ1) is 26.6. The largest absolute Gasteiger partial charge is 0.480 e. The zero-order chi connectivity index (χ0) is 40.4. The number of ether oxygens (including phenoxy) is 3. The quantitative estimate of drug-likeness (QED) is 0.0176. The van der Waals surface area contributed by atoms with Gasteiger partial charge < -0.3 is 29.9 Å². The van der Waals surface area contributed by atoms with E-state index in [1.165, 1.54) is 57.8 Å². The Kier molecular flexibility index (Phi) is 31.5. The summed E-state index contributed by atoms with van der Waals surface area (Å²) in [5.41, 5.74) is 5.33. The first-order valence-electron chi connectivity index (χ1n) is 21.5. The van der Waals surface area contributed by atoms with Gasteiger partial charge >= 0.3 is 25.7 Å². The SMILES string of the molecule is CCCCC/C=C\CC1OC1CCCCCCCC(=O)OC[C@H](COP(=O)(O)OC[C@H](N)C(=O)O)OC(=O)CCCCCCC/C=C\CCCCCCCC. The molecule has 12 nitrogen and oxygen atoms in total. The summed E-state index contributed by atoms with van der Waals surface area (Å²) in [6.07, 6.45) is 35.4. The first kappa shape index (κ1) is 50.9. The number of allylic oxidation sites excluding steroid dienone is 3. The summed E-state index contributed by atoms with van der Waals surface area (Å²) < 4.78 is 38.5. The van der Waals surface area contributed by atoms with Gasteiger partial charge in [0, 0.05) is 12.8 Å². The Labute approximate surface area is 332 Å². The number of epoxide rings is 1. The minimum absolute atomic E-state index is 0.146. The number of phosphoric acid groups is 1. The third-order valence-corrected chi connectivity index (χ3v) is 10.5. The molecule has 0 bridgehead atoms. The molecule has 1 saturated heterocycles. The highest BCUT2D eigenvalue weighted by Gasteiger charge is 2.36. The van der Waals surface area contributed by atoms with Gasteiger partial charge in [0.1, 0.15) is 12.6 Å². The van der Waals surface area contributed by atoms with E-state index >= 15 is 0 Å². The fraction of sp³-hybridized carbons (Fsp3) is 0.833. The zero-order valence-corrected chi connectivity index (χ0v) is 35.1. The third kappa shape index (κ3) is 31.7. The highest BCUT2D eigenvalue weighted by atomic mass is 31.2. The van der Waals surface area contributed by atoms with E-state index in [-0.39, 0.29) is 19.4 Å². The van der Waals surface area contributed by atoms with Crippen molar-refractivity contribution in [2.45, 2.75) is 205 Å². The summed E-state index contributed by atoms with van der Waals surface area (Å²) in [4.78, 5) is 46.0. The van der Waals surface area contributed by atoms with Gasteiger partial charge in [-0.15, -0.1) is 0 Å². The van der Waals surface area contributed by atoms with E-state index in [4.69, 9.17) is 29.6 Å². The van der Waals surface area contributed by atoms with E-state index in [0.717, 1.165) is 83.5 Å². The van der Waals surface area contributed by atoms with Crippen LogP contribution in [0.3, 0.4) is 0 Å². The van der Waals surface area contributed by atoms with E-state index < -0.39 is 51.1 Å². The van der Waals surface area contributed by atoms with Crippen LogP contribution in [-0.4, -0.2) is 72.1 Å². The Morgan fingerprint density at radius 2 is 1.15 bits per heavy atom. The normalized spacial score (nSPS) is 17.7. The highest BCUT2D eigenvalue weighted by molar-refractivity contribution is 7.47. The second-order valence-electron chi connectivity index (χ2n) is 14.9. The standard InChI is InChI=1S/C42H76NO11P/c1-3-5-7-9-11-12-13-14-15-16-17-18-19-23-28-32-41(45)53-36(34-51-55(48,49)52-35-37(43)42(46)47)33-50-40(44)31-27-24-20-22-26-30-39-38(54-39)29-25-21-10-8-6-4-2/h14-15,21,25,36-39H,3-13,16-20,22-24,26-35,43H2,1-2H3,(H,46,47)(H,48,49)/b15-14-,25-21-/t36-,37+,38?,39?/m1/s1. The molecule has 1 heterocycles. The van der Waals surface area contributed by atoms with Crippen LogP contribution < -0.4 is 5.73 Å². The van der Waals surface area contributed by atoms with Gasteiger partial charge in [0.15, 0.2) is 6.10 Å². The Bertz CT molecular complexity index is 1100. The van der Waals surface area contributed by atoms with Gasteiger partial charge in [-0.3, -0.25) is 23.4 Å². The van der Waals surface area contributed by atoms with E-state index in [1.807, 2.05) is 0 Å². The van der Waals surface area contributed by atoms with Crippen molar-refractivity contribution in [3.05, 3.63) is 24.3 Å². The highest BCUT2D eigenvalue weighted by Crippen LogP contribution is 2.43. The van der Waals surface area contributed by atoms with Crippen LogP contribution in [0.25, 0.3) is 0 Å². The number of rotatable bonds is 39. The average molecular weight is 802 g/mol. The van der Waals surface area contributed by atoms with Crippen LogP contribution in [0, 0.1) is 0 Å². The number of unbranched alkanes of at least 4 members (excludes halogenated alkanes) is 18. The summed E-state index contributed by atoms with van der Waals surface area (Å²) in [5, 5.41) is 8.88. The Morgan fingerprint density at radius 3 is 1.76 bits per heavy atom. The average Bonchev–Trinajstić information content (AvgIpc) is 3.91. The third-order valence-electron chi connectivity index (χ3n) is 9.60. The molecule has 3 unspecified atom stereocenters. The number of hydrogen-bond donors (Lipinski definition) is 3. The number of phosphoric ester groups is 1. The lowest BCUT2D eigenvalue weighted by Gasteiger charge is -2.20. The summed E-state index contributed by atoms with van der Waals surface area (Å²) in [6, 6.07) is -1.53. The van der Waals surface area contributed by atoms with Crippen molar-refractivity contribution in [1.82, 2.24) is 0 Å². The van der Waals surface area contributed by atoms with Gasteiger partial charge in [0.05, 0.1) is 25.4 Å². The van der Waals surface area contributed by atoms with Crippen LogP contribution in [0.5, 0.6) is 0 Å². The van der Waals surface area contributed by atoms with Gasteiger partial charge in [0.25, 0.3) is 0 Å². The lowest BCUT2D eigenvalue weighted by Crippen LogP contribution is -2.34. The molecule has 0 amide bonds. The van der Waals surface area contributed by atoms with Crippen molar-refractivity contribution in [1.29, 1.82) is 0 Å². The second kappa shape index (κ2) is 34.0. The summed E-state index contributed by atoms with van der Waals surface area (Å²) in [5.74, 6) is -2.41. The number of aliphatic carboxylic acids is 1. The molecule has 1 aliphatic rings. The lowest BCUT2D eigenvalue weighted by molar-refractivity contribution is -0.161. The number of carboxylic acids is 1. The Morgan fingerprint density at radius 1 is 0.655 bits per heavy atom. The maximum absolute atomic E-state index is 12.6. The van der Waals surface area contributed by atoms with Gasteiger partial charge in [0.2, 0.25) is 0 Å². The van der Waals surface area contributed by atoms with E-state index in [2.05, 4.69) is 42.7 Å². The van der Waals surface area contributed by atoms with Gasteiger partial charge in [-0.1, -0.05) is 128 Å². The predicted octanol–water partition coefficient (Wildman–Crippen LogP) is 10.0. The summed E-state index contributed by atoms with van der Waals surface area (Å²) in [6.45, 7) is 2.73. The topological polar surface area (TPSA) is 184 Å². The molecule has 0 aliphatic carbocycles. The minimum Gasteiger partial charge on any atom is -0.480 e. The zero-order valence-electron chi connectivity index (χ0n) is 34.2. The number of esters is 2. The molecule has 320 valence electrons. The monoisotopic (exact) mass is 802 g/mol. The van der Waals surface area contributed by atoms with Crippen molar-refractivity contribution >= 4 is 25.7 Å². The Hall–Kier alpha value is -2.08. The number of carbonyl (C=O) groups excluding carboxylic acids is 2. The molecule has 13 heteroatoms. The van der Waals surface area contributed by atoms with Crippen molar-refractivity contribution in [3.8, 4) is 0 Å². The lowest BCUT2D eigenvalue weighted by atomic mass is 10.1. The molecule has 1 rings (SSSR count). The van der Waals surface area contributed by atoms with Crippen molar-refractivity contribution in [2.24, 2.45) is 5.73 Å². The first-order valence-corrected chi connectivity index (χ1v) is 23.0. The van der Waals surface area contributed by atoms with Gasteiger partial charge in [-0.25, -0.2) is 4.57 Å². The molecule has 1 fully saturated rings. The molecular formula is C42H76NO11P. The minimum atomic E-state index is -4.72. The maximum atomic E-state index is 12.6. The van der Waals surface area contributed by atoms with Crippen LogP contribution in [0.1, 0.15) is 181 Å². The molecule has 55 heavy (non-hydrogen) atoms. The molecule has 0 radical (unpaired) electrons. The molecule has 1 aliphatic heterocycles. The fourth-order valence-electron chi connectivity index (χ4n) is 6.07. The van der Waals surface area contributed by atoms with Crippen molar-refractivity contribution < 1.29 is 52.2 Å². The second-order valence-corrected chi connectivity index (χ2v) is 16.3. The fourth-order valence-corrected chi connectivity index (χ4v) is 6.84. The number of nitrogens with two attached hydrogens (primary N) is 1. The molecule has 0 aromatic rings. The van der Waals surface area contributed by atoms with Crippen LogP contribution in [0.4, 0.5) is 0 Å². The molecule has 0 spiro atoms. The summed E-state index contributed by atoms with van der Waals surface area (Å²) in [7, 11) is -4.72. The summed E-state index contributed by atoms with van der Waals surface area (Å²) >= 11 is 0. The molecule has 0 saturated carbocycles. The number of hydrogen-bond acceptors (Lipinski definition) is 10. The van der Waals surface area contributed by atoms with E-state index in [0.29, 0.717) is 25.0 Å². The number of carbonyl (C=O) groups is 3. The molecular weight excluding hydrogens is 725 g/mol. The van der Waals surface area contributed by atoms with Crippen molar-refractivity contribution in [3.63, 3.8) is 0 Å². The predicted molar refractivity (Wildman–Crippen MR) is 217 cm³/mol. The molecule has 0 aromatic carbocycles. The Balaban J connectivity index is 2.30. The van der Waals surface area contributed by atoms with Crippen LogP contribution in [-0.2, 0) is 42.2 Å². The van der Waals surface area contributed by atoms with Crippen molar-refractivity contribution in [2.75, 3.05) is 19.8 Å². The van der Waals surface area contributed by atoms with E-state index in [9.17, 15) is 23.8 Å². The van der Waals surface area contributed by atoms with Gasteiger partial charge in [-0.2, -0.15) is 0 Å². The van der Waals surface area contributed by atoms with Crippen LogP contribution in [0.2, 0.25) is 0 Å². The number of carboxylic acid groups (broad SMARTS) is 1.